The van der Waals surface area contributed by atoms with E-state index in [0.717, 1.165) is 0 Å². The Morgan fingerprint density at radius 1 is 1.10 bits per heavy atom. The lowest BCUT2D eigenvalue weighted by atomic mass is 10.2. The second-order valence-electron chi connectivity index (χ2n) is 4.05. The molecule has 3 aromatic rings. The van der Waals surface area contributed by atoms with Crippen LogP contribution in [0.5, 0.6) is 11.6 Å². The van der Waals surface area contributed by atoms with Crippen molar-refractivity contribution in [1.82, 2.24) is 9.97 Å². The monoisotopic (exact) mass is 281 g/mol. The Bertz CT molecular complexity index is 827. The zero-order chi connectivity index (χ0) is 13.9. The number of hydrogen-bond acceptors (Lipinski definition) is 4. The van der Waals surface area contributed by atoms with E-state index in [1.54, 1.807) is 42.5 Å². The van der Waals surface area contributed by atoms with E-state index in [4.69, 9.17) is 21.6 Å². The molecular formula is C15H8ClN3O. The van der Waals surface area contributed by atoms with Crippen molar-refractivity contribution in [2.75, 3.05) is 0 Å². The van der Waals surface area contributed by atoms with Gasteiger partial charge in [-0.1, -0.05) is 23.7 Å². The first-order valence-electron chi connectivity index (χ1n) is 5.85. The topological polar surface area (TPSA) is 58.8 Å². The maximum Gasteiger partial charge on any atom is 0.238 e. The van der Waals surface area contributed by atoms with Gasteiger partial charge >= 0.3 is 0 Å². The molecule has 0 saturated heterocycles. The number of rotatable bonds is 2. The van der Waals surface area contributed by atoms with E-state index in [9.17, 15) is 0 Å². The van der Waals surface area contributed by atoms with Gasteiger partial charge in [0.05, 0.1) is 22.8 Å². The van der Waals surface area contributed by atoms with E-state index in [2.05, 4.69) is 16.0 Å². The van der Waals surface area contributed by atoms with Crippen molar-refractivity contribution < 1.29 is 4.74 Å². The third kappa shape index (κ3) is 2.40. The zero-order valence-corrected chi connectivity index (χ0v) is 11.0. The summed E-state index contributed by atoms with van der Waals surface area (Å²) >= 11 is 5.89. The number of benzene rings is 2. The lowest BCUT2D eigenvalue weighted by molar-refractivity contribution is 0.461. The molecule has 1 aromatic heterocycles. The van der Waals surface area contributed by atoms with Crippen LogP contribution in [-0.4, -0.2) is 9.97 Å². The summed E-state index contributed by atoms with van der Waals surface area (Å²) in [7, 11) is 0. The zero-order valence-electron chi connectivity index (χ0n) is 10.2. The molecule has 0 spiro atoms. The molecule has 5 heteroatoms. The summed E-state index contributed by atoms with van der Waals surface area (Å²) in [4.78, 5) is 8.57. The molecule has 0 saturated carbocycles. The minimum Gasteiger partial charge on any atom is -0.436 e. The second kappa shape index (κ2) is 5.16. The van der Waals surface area contributed by atoms with Crippen LogP contribution in [0, 0.1) is 11.3 Å². The van der Waals surface area contributed by atoms with Crippen LogP contribution in [0.4, 0.5) is 0 Å². The molecule has 0 N–H and O–H groups in total. The van der Waals surface area contributed by atoms with Crippen molar-refractivity contribution in [3.8, 4) is 17.7 Å². The molecule has 0 aliphatic rings. The Kier molecular flexibility index (Phi) is 3.20. The van der Waals surface area contributed by atoms with E-state index in [-0.39, 0.29) is 0 Å². The molecular weight excluding hydrogens is 274 g/mol. The van der Waals surface area contributed by atoms with Crippen LogP contribution >= 0.6 is 11.6 Å². The largest absolute Gasteiger partial charge is 0.436 e. The van der Waals surface area contributed by atoms with Crippen molar-refractivity contribution in [2.24, 2.45) is 0 Å². The van der Waals surface area contributed by atoms with Gasteiger partial charge in [0.15, 0.2) is 0 Å². The first-order chi connectivity index (χ1) is 9.76. The van der Waals surface area contributed by atoms with Crippen LogP contribution in [0.1, 0.15) is 5.56 Å². The normalized spacial score (nSPS) is 10.2. The van der Waals surface area contributed by atoms with Crippen LogP contribution in [0.15, 0.2) is 48.7 Å². The van der Waals surface area contributed by atoms with E-state index in [0.29, 0.717) is 33.2 Å². The van der Waals surface area contributed by atoms with Gasteiger partial charge in [-0.3, -0.25) is 0 Å². The van der Waals surface area contributed by atoms with Crippen LogP contribution in [0.2, 0.25) is 5.02 Å². The van der Waals surface area contributed by atoms with E-state index < -0.39 is 0 Å². The summed E-state index contributed by atoms with van der Waals surface area (Å²) in [6.45, 7) is 0. The number of ether oxygens (including phenoxy) is 1. The van der Waals surface area contributed by atoms with Gasteiger partial charge in [0, 0.05) is 5.02 Å². The van der Waals surface area contributed by atoms with Gasteiger partial charge in [0.25, 0.3) is 0 Å². The van der Waals surface area contributed by atoms with Crippen LogP contribution < -0.4 is 4.74 Å². The van der Waals surface area contributed by atoms with Gasteiger partial charge in [-0.05, 0) is 30.3 Å². The molecule has 20 heavy (non-hydrogen) atoms. The van der Waals surface area contributed by atoms with Crippen LogP contribution in [0.25, 0.3) is 11.0 Å². The minimum absolute atomic E-state index is 0.336. The van der Waals surface area contributed by atoms with Crippen molar-refractivity contribution in [2.45, 2.75) is 0 Å². The standard InChI is InChI=1S/C15H8ClN3O/c16-11-5-6-12-13(7-11)18-9-15(19-12)20-14-4-2-1-3-10(14)8-17/h1-7,9H. The molecule has 3 rings (SSSR count). The van der Waals surface area contributed by atoms with E-state index >= 15 is 0 Å². The SMILES string of the molecule is N#Cc1ccccc1Oc1cnc2cc(Cl)ccc2n1. The average Bonchev–Trinajstić information content (AvgIpc) is 2.48. The molecule has 0 bridgehead atoms. The Labute approximate surface area is 120 Å². The van der Waals surface area contributed by atoms with Crippen molar-refractivity contribution in [3.63, 3.8) is 0 Å². The highest BCUT2D eigenvalue weighted by Gasteiger charge is 2.06. The molecule has 0 unspecified atom stereocenters. The first kappa shape index (κ1) is 12.4. The maximum absolute atomic E-state index is 9.02. The van der Waals surface area contributed by atoms with Crippen molar-refractivity contribution >= 4 is 22.6 Å². The van der Waals surface area contributed by atoms with Gasteiger partial charge < -0.3 is 4.74 Å². The Morgan fingerprint density at radius 3 is 2.80 bits per heavy atom. The molecule has 0 radical (unpaired) electrons. The predicted octanol–water partition coefficient (Wildman–Crippen LogP) is 3.95. The van der Waals surface area contributed by atoms with E-state index in [1.165, 1.54) is 6.20 Å². The van der Waals surface area contributed by atoms with Crippen LogP contribution in [0.3, 0.4) is 0 Å². The van der Waals surface area contributed by atoms with Crippen LogP contribution in [-0.2, 0) is 0 Å². The second-order valence-corrected chi connectivity index (χ2v) is 4.49. The van der Waals surface area contributed by atoms with Gasteiger partial charge in [-0.15, -0.1) is 0 Å². The number of nitrogens with zero attached hydrogens (tertiary/aromatic N) is 3. The van der Waals surface area contributed by atoms with Crippen molar-refractivity contribution in [3.05, 3.63) is 59.2 Å². The number of halogens is 1. The summed E-state index contributed by atoms with van der Waals surface area (Å²) < 4.78 is 5.61. The summed E-state index contributed by atoms with van der Waals surface area (Å²) in [5.41, 5.74) is 1.82. The fourth-order valence-corrected chi connectivity index (χ4v) is 1.94. The summed E-state index contributed by atoms with van der Waals surface area (Å²) in [6.07, 6.45) is 1.51. The third-order valence-electron chi connectivity index (χ3n) is 2.70. The minimum atomic E-state index is 0.336. The van der Waals surface area contributed by atoms with Gasteiger partial charge in [-0.2, -0.15) is 5.26 Å². The fraction of sp³-hybridized carbons (Fsp3) is 0. The summed E-state index contributed by atoms with van der Waals surface area (Å²) in [5, 5.41) is 9.62. The molecule has 0 atom stereocenters. The fourth-order valence-electron chi connectivity index (χ4n) is 1.78. The number of hydrogen-bond donors (Lipinski definition) is 0. The lowest BCUT2D eigenvalue weighted by Crippen LogP contribution is -1.92. The molecule has 4 nitrogen and oxygen atoms in total. The molecule has 96 valence electrons. The smallest absolute Gasteiger partial charge is 0.238 e. The van der Waals surface area contributed by atoms with Gasteiger partial charge in [0.2, 0.25) is 5.88 Å². The molecule has 2 aromatic carbocycles. The quantitative estimate of drug-likeness (QED) is 0.714. The lowest BCUT2D eigenvalue weighted by Gasteiger charge is -2.06. The van der Waals surface area contributed by atoms with Gasteiger partial charge in [-0.25, -0.2) is 9.97 Å². The molecule has 0 aliphatic carbocycles. The summed E-state index contributed by atoms with van der Waals surface area (Å²) in [5.74, 6) is 0.792. The Hall–Kier alpha value is -2.64. The number of aromatic nitrogens is 2. The molecule has 1 heterocycles. The maximum atomic E-state index is 9.02. The highest BCUT2D eigenvalue weighted by molar-refractivity contribution is 6.31. The molecule has 0 aliphatic heterocycles. The highest BCUT2D eigenvalue weighted by atomic mass is 35.5. The average molecular weight is 282 g/mol. The Morgan fingerprint density at radius 2 is 1.95 bits per heavy atom. The molecule has 0 amide bonds. The first-order valence-corrected chi connectivity index (χ1v) is 6.23. The highest BCUT2D eigenvalue weighted by Crippen LogP contribution is 2.24. The Balaban J connectivity index is 1.99. The van der Waals surface area contributed by atoms with Crippen molar-refractivity contribution in [1.29, 1.82) is 5.26 Å². The number of nitriles is 1. The molecule has 0 fully saturated rings. The van der Waals surface area contributed by atoms with Gasteiger partial charge in [0.1, 0.15) is 11.8 Å². The summed E-state index contributed by atoms with van der Waals surface area (Å²) in [6, 6.07) is 14.3. The number of fused-ring (bicyclic) bond motifs is 1. The third-order valence-corrected chi connectivity index (χ3v) is 2.94. The van der Waals surface area contributed by atoms with E-state index in [1.807, 2.05) is 0 Å². The predicted molar refractivity (Wildman–Crippen MR) is 75.8 cm³/mol. The number of para-hydroxylation sites is 1.